The third-order valence-electron chi connectivity index (χ3n) is 7.98. The standard InChI is InChI=1S/C36H41N3O10/c1-20-12-11-17-27(21(20)2)37-28-16-10-9-15-26(28)34(43)38-29(18-25-13-7-6-8-14-25)35(44)39-31-33(48-24(5)42)32(47-23(4)41)30(49-36(31)45)19-46-22(3)40/h6-17,29-33,36-37,45H,18-19H2,1-5H3,(H,38,43)(H,39,44)/t29-,30+,31+,32+,33+,36-/m0/s1. The van der Waals surface area contributed by atoms with Crippen LogP contribution in [0.4, 0.5) is 11.4 Å². The van der Waals surface area contributed by atoms with Crippen molar-refractivity contribution in [3.05, 3.63) is 95.1 Å². The van der Waals surface area contributed by atoms with Crippen molar-refractivity contribution >= 4 is 41.1 Å². The van der Waals surface area contributed by atoms with Crippen molar-refractivity contribution in [2.24, 2.45) is 0 Å². The molecule has 3 aromatic rings. The molecule has 0 bridgehead atoms. The van der Waals surface area contributed by atoms with E-state index in [1.54, 1.807) is 48.5 Å². The number of ether oxygens (including phenoxy) is 4. The molecule has 0 aliphatic carbocycles. The molecular weight excluding hydrogens is 634 g/mol. The van der Waals surface area contributed by atoms with E-state index in [1.807, 2.05) is 38.1 Å². The van der Waals surface area contributed by atoms with Crippen LogP contribution in [0, 0.1) is 13.8 Å². The van der Waals surface area contributed by atoms with Crippen LogP contribution in [0.3, 0.4) is 0 Å². The van der Waals surface area contributed by atoms with Crippen molar-refractivity contribution in [1.82, 2.24) is 10.6 Å². The van der Waals surface area contributed by atoms with Crippen molar-refractivity contribution in [2.45, 2.75) is 77.7 Å². The second-order valence-electron chi connectivity index (χ2n) is 11.7. The van der Waals surface area contributed by atoms with E-state index >= 15 is 0 Å². The highest BCUT2D eigenvalue weighted by atomic mass is 16.7. The third kappa shape index (κ3) is 9.87. The number of anilines is 2. The lowest BCUT2D eigenvalue weighted by Gasteiger charge is -2.43. The van der Waals surface area contributed by atoms with Crippen LogP contribution in [0.2, 0.25) is 0 Å². The van der Waals surface area contributed by atoms with E-state index in [0.717, 1.165) is 43.1 Å². The van der Waals surface area contributed by atoms with Gasteiger partial charge in [0.2, 0.25) is 5.91 Å². The molecule has 13 heteroatoms. The first-order valence-electron chi connectivity index (χ1n) is 15.7. The number of hydrogen-bond donors (Lipinski definition) is 4. The Morgan fingerprint density at radius 3 is 2.10 bits per heavy atom. The zero-order valence-corrected chi connectivity index (χ0v) is 27.9. The molecule has 260 valence electrons. The summed E-state index contributed by atoms with van der Waals surface area (Å²) >= 11 is 0. The van der Waals surface area contributed by atoms with Crippen molar-refractivity contribution in [2.75, 3.05) is 11.9 Å². The molecule has 4 N–H and O–H groups in total. The van der Waals surface area contributed by atoms with Crippen molar-refractivity contribution in [3.63, 3.8) is 0 Å². The number of para-hydroxylation sites is 1. The Kier molecular flexibility index (Phi) is 12.5. The average molecular weight is 676 g/mol. The molecule has 2 amide bonds. The SMILES string of the molecule is CC(=O)OC[C@H]1O[C@H](O)[C@H](NC(=O)[C@H](Cc2ccccc2)NC(=O)c2ccccc2Nc2cccc(C)c2C)[C@@H](OC(C)=O)[C@@H]1OC(C)=O. The van der Waals surface area contributed by atoms with Gasteiger partial charge in [-0.25, -0.2) is 0 Å². The topological polar surface area (TPSA) is 179 Å². The summed E-state index contributed by atoms with van der Waals surface area (Å²) in [5.41, 5.74) is 4.41. The maximum Gasteiger partial charge on any atom is 0.303 e. The highest BCUT2D eigenvalue weighted by Gasteiger charge is 2.51. The zero-order valence-electron chi connectivity index (χ0n) is 27.9. The maximum atomic E-state index is 14.0. The van der Waals surface area contributed by atoms with Crippen molar-refractivity contribution < 1.29 is 48.0 Å². The second-order valence-corrected chi connectivity index (χ2v) is 11.7. The van der Waals surface area contributed by atoms with Gasteiger partial charge in [0.15, 0.2) is 18.5 Å². The molecule has 1 aliphatic heterocycles. The number of aliphatic hydroxyl groups excluding tert-OH is 1. The smallest absolute Gasteiger partial charge is 0.303 e. The lowest BCUT2D eigenvalue weighted by atomic mass is 9.95. The number of hydrogen-bond acceptors (Lipinski definition) is 11. The summed E-state index contributed by atoms with van der Waals surface area (Å²) in [5, 5.41) is 19.8. The van der Waals surface area contributed by atoms with Gasteiger partial charge in [0.05, 0.1) is 11.3 Å². The molecule has 0 unspecified atom stereocenters. The molecule has 1 fully saturated rings. The summed E-state index contributed by atoms with van der Waals surface area (Å²) < 4.78 is 21.5. The van der Waals surface area contributed by atoms with E-state index in [1.165, 1.54) is 0 Å². The Labute approximate surface area is 284 Å². The van der Waals surface area contributed by atoms with Gasteiger partial charge in [-0.15, -0.1) is 0 Å². The van der Waals surface area contributed by atoms with Crippen LogP contribution in [0.1, 0.15) is 47.8 Å². The Bertz CT molecular complexity index is 1660. The minimum Gasteiger partial charge on any atom is -0.463 e. The second kappa shape index (κ2) is 16.7. The van der Waals surface area contributed by atoms with E-state index in [0.29, 0.717) is 5.69 Å². The van der Waals surface area contributed by atoms with Gasteiger partial charge in [-0.1, -0.05) is 54.6 Å². The fraction of sp³-hybridized carbons (Fsp3) is 0.361. The summed E-state index contributed by atoms with van der Waals surface area (Å²) in [6.45, 7) is 6.90. The van der Waals surface area contributed by atoms with Gasteiger partial charge < -0.3 is 40.0 Å². The Balaban J connectivity index is 1.63. The number of aryl methyl sites for hydroxylation is 1. The molecule has 13 nitrogen and oxygen atoms in total. The Morgan fingerprint density at radius 1 is 0.796 bits per heavy atom. The van der Waals surface area contributed by atoms with E-state index in [2.05, 4.69) is 16.0 Å². The van der Waals surface area contributed by atoms with Crippen molar-refractivity contribution in [3.8, 4) is 0 Å². The molecule has 4 rings (SSSR count). The fourth-order valence-corrected chi connectivity index (χ4v) is 5.45. The quantitative estimate of drug-likeness (QED) is 0.164. The number of nitrogens with one attached hydrogen (secondary N) is 3. The van der Waals surface area contributed by atoms with Gasteiger partial charge in [-0.05, 0) is 48.7 Å². The number of benzene rings is 3. The van der Waals surface area contributed by atoms with Gasteiger partial charge in [0.25, 0.3) is 5.91 Å². The lowest BCUT2D eigenvalue weighted by molar-refractivity contribution is -0.264. The first-order chi connectivity index (χ1) is 23.3. The normalized spacial score (nSPS) is 20.7. The summed E-state index contributed by atoms with van der Waals surface area (Å²) in [6.07, 6.45) is -5.81. The summed E-state index contributed by atoms with van der Waals surface area (Å²) in [5.74, 6) is -3.54. The average Bonchev–Trinajstić information content (AvgIpc) is 3.05. The van der Waals surface area contributed by atoms with Crippen LogP contribution in [-0.4, -0.2) is 78.1 Å². The Hall–Kier alpha value is -5.27. The largest absolute Gasteiger partial charge is 0.463 e. The number of carbonyl (C=O) groups excluding carboxylic acids is 5. The number of carbonyl (C=O) groups is 5. The van der Waals surface area contributed by atoms with Crippen LogP contribution in [0.15, 0.2) is 72.8 Å². The number of amides is 2. The van der Waals surface area contributed by atoms with Gasteiger partial charge in [0, 0.05) is 32.9 Å². The highest BCUT2D eigenvalue weighted by Crippen LogP contribution is 2.28. The number of esters is 3. The summed E-state index contributed by atoms with van der Waals surface area (Å²) in [7, 11) is 0. The first kappa shape index (κ1) is 36.6. The van der Waals surface area contributed by atoms with E-state index in [9.17, 15) is 29.1 Å². The molecule has 1 heterocycles. The van der Waals surface area contributed by atoms with Crippen LogP contribution in [-0.2, 0) is 44.5 Å². The van der Waals surface area contributed by atoms with Crippen LogP contribution in [0.5, 0.6) is 0 Å². The minimum atomic E-state index is -1.80. The highest BCUT2D eigenvalue weighted by molar-refractivity contribution is 6.02. The number of rotatable bonds is 12. The third-order valence-corrected chi connectivity index (χ3v) is 7.98. The van der Waals surface area contributed by atoms with Crippen LogP contribution >= 0.6 is 0 Å². The molecular formula is C36H41N3O10. The molecule has 1 saturated heterocycles. The molecule has 0 radical (unpaired) electrons. The van der Waals surface area contributed by atoms with Gasteiger partial charge in [0.1, 0.15) is 24.8 Å². The van der Waals surface area contributed by atoms with Gasteiger partial charge in [-0.2, -0.15) is 0 Å². The van der Waals surface area contributed by atoms with Gasteiger partial charge in [-0.3, -0.25) is 24.0 Å². The Morgan fingerprint density at radius 2 is 1.43 bits per heavy atom. The van der Waals surface area contributed by atoms with Crippen LogP contribution < -0.4 is 16.0 Å². The molecule has 49 heavy (non-hydrogen) atoms. The number of aliphatic hydroxyl groups is 1. The molecule has 1 aliphatic rings. The lowest BCUT2D eigenvalue weighted by Crippen LogP contribution is -2.67. The zero-order chi connectivity index (χ0) is 35.7. The maximum absolute atomic E-state index is 14.0. The van der Waals surface area contributed by atoms with Gasteiger partial charge >= 0.3 is 17.9 Å². The van der Waals surface area contributed by atoms with E-state index in [-0.39, 0.29) is 12.0 Å². The molecule has 0 spiro atoms. The fourth-order valence-electron chi connectivity index (χ4n) is 5.45. The van der Waals surface area contributed by atoms with Crippen LogP contribution in [0.25, 0.3) is 0 Å². The summed E-state index contributed by atoms with van der Waals surface area (Å²) in [4.78, 5) is 63.6. The monoisotopic (exact) mass is 675 g/mol. The minimum absolute atomic E-state index is 0.0509. The van der Waals surface area contributed by atoms with Crippen molar-refractivity contribution in [1.29, 1.82) is 0 Å². The van der Waals surface area contributed by atoms with E-state index in [4.69, 9.17) is 18.9 Å². The molecule has 0 aromatic heterocycles. The van der Waals surface area contributed by atoms with E-state index < -0.39 is 73.0 Å². The summed E-state index contributed by atoms with van der Waals surface area (Å²) in [6, 6.07) is 19.0. The predicted molar refractivity (Wildman–Crippen MR) is 178 cm³/mol. The predicted octanol–water partition coefficient (Wildman–Crippen LogP) is 3.02. The molecule has 6 atom stereocenters. The molecule has 0 saturated carbocycles. The first-order valence-corrected chi connectivity index (χ1v) is 15.7. The molecule has 3 aromatic carbocycles.